The van der Waals surface area contributed by atoms with Gasteiger partial charge in [-0.1, -0.05) is 59.6 Å². The highest BCUT2D eigenvalue weighted by Gasteiger charge is 2.41. The second-order valence-electron chi connectivity index (χ2n) is 5.26. The van der Waals surface area contributed by atoms with Gasteiger partial charge in [-0.05, 0) is 12.1 Å². The molecule has 0 aliphatic carbocycles. The standard InChI is InChI=1S/C16H15Cl2NO5S/c1-22-25(20,21)19-15-14(12-8-7-11(17)9-13(12)18)23-16(24-15)10-5-3-2-4-6-10/h2-9,14-16,19H,1H3/t14-,15-,16?/m0/s1. The Morgan fingerprint density at radius 1 is 1.08 bits per heavy atom. The van der Waals surface area contributed by atoms with E-state index in [9.17, 15) is 8.42 Å². The van der Waals surface area contributed by atoms with E-state index in [0.717, 1.165) is 12.7 Å². The third-order valence-corrected chi connectivity index (χ3v) is 5.16. The van der Waals surface area contributed by atoms with Crippen molar-refractivity contribution in [1.29, 1.82) is 0 Å². The SMILES string of the molecule is COS(=O)(=O)N[C@H]1OC(c2ccccc2)O[C@H]1c1ccc(Cl)cc1Cl. The summed E-state index contributed by atoms with van der Waals surface area (Å²) in [6, 6.07) is 14.0. The molecule has 1 saturated heterocycles. The fraction of sp³-hybridized carbons (Fsp3) is 0.250. The first-order valence-electron chi connectivity index (χ1n) is 7.28. The van der Waals surface area contributed by atoms with Gasteiger partial charge in [-0.3, -0.25) is 4.18 Å². The topological polar surface area (TPSA) is 73.9 Å². The van der Waals surface area contributed by atoms with Gasteiger partial charge in [0.05, 0.1) is 7.11 Å². The summed E-state index contributed by atoms with van der Waals surface area (Å²) in [7, 11) is -2.94. The summed E-state index contributed by atoms with van der Waals surface area (Å²) in [5.41, 5.74) is 1.30. The van der Waals surface area contributed by atoms with Gasteiger partial charge in [0, 0.05) is 21.2 Å². The van der Waals surface area contributed by atoms with Crippen LogP contribution >= 0.6 is 23.2 Å². The minimum atomic E-state index is -3.99. The van der Waals surface area contributed by atoms with Gasteiger partial charge >= 0.3 is 10.3 Å². The lowest BCUT2D eigenvalue weighted by molar-refractivity contribution is -0.0704. The number of benzene rings is 2. The van der Waals surface area contributed by atoms with Crippen LogP contribution in [0.1, 0.15) is 23.5 Å². The van der Waals surface area contributed by atoms with E-state index in [2.05, 4.69) is 8.91 Å². The van der Waals surface area contributed by atoms with Crippen molar-refractivity contribution in [2.24, 2.45) is 0 Å². The highest BCUT2D eigenvalue weighted by Crippen LogP contribution is 2.41. The Bertz CT molecular complexity index is 847. The van der Waals surface area contributed by atoms with E-state index in [4.69, 9.17) is 32.7 Å². The van der Waals surface area contributed by atoms with Gasteiger partial charge in [-0.15, -0.1) is 0 Å². The number of rotatable bonds is 5. The molecule has 1 unspecified atom stereocenters. The zero-order valence-corrected chi connectivity index (χ0v) is 15.4. The van der Waals surface area contributed by atoms with Crippen LogP contribution in [0.15, 0.2) is 48.5 Å². The van der Waals surface area contributed by atoms with Crippen LogP contribution in [0.2, 0.25) is 10.0 Å². The van der Waals surface area contributed by atoms with Gasteiger partial charge in [0.15, 0.2) is 12.5 Å². The van der Waals surface area contributed by atoms with E-state index in [1.54, 1.807) is 18.2 Å². The average molecular weight is 404 g/mol. The first-order chi connectivity index (χ1) is 11.9. The zero-order chi connectivity index (χ0) is 18.0. The van der Waals surface area contributed by atoms with Crippen LogP contribution in [-0.2, 0) is 24.0 Å². The van der Waals surface area contributed by atoms with Crippen molar-refractivity contribution in [1.82, 2.24) is 4.72 Å². The molecule has 1 aliphatic rings. The fourth-order valence-corrected chi connectivity index (χ4v) is 3.53. The van der Waals surface area contributed by atoms with Crippen LogP contribution in [0.4, 0.5) is 0 Å². The van der Waals surface area contributed by atoms with Crippen LogP contribution < -0.4 is 4.72 Å². The second kappa shape index (κ2) is 7.59. The van der Waals surface area contributed by atoms with Crippen LogP contribution in [0.25, 0.3) is 0 Å². The average Bonchev–Trinajstić information content (AvgIpc) is 2.98. The van der Waals surface area contributed by atoms with E-state index < -0.39 is 28.9 Å². The normalized spacial score (nSPS) is 23.7. The third kappa shape index (κ3) is 4.32. The summed E-state index contributed by atoms with van der Waals surface area (Å²) in [5, 5.41) is 0.803. The molecule has 0 amide bonds. The van der Waals surface area contributed by atoms with Crippen molar-refractivity contribution in [3.63, 3.8) is 0 Å². The fourth-order valence-electron chi connectivity index (χ4n) is 2.46. The maximum absolute atomic E-state index is 11.8. The third-order valence-electron chi connectivity index (χ3n) is 3.64. The monoisotopic (exact) mass is 403 g/mol. The van der Waals surface area contributed by atoms with E-state index >= 15 is 0 Å². The Morgan fingerprint density at radius 3 is 2.44 bits per heavy atom. The molecular weight excluding hydrogens is 389 g/mol. The quantitative estimate of drug-likeness (QED) is 0.825. The van der Waals surface area contributed by atoms with Gasteiger partial charge in [0.1, 0.15) is 6.10 Å². The number of hydrogen-bond donors (Lipinski definition) is 1. The molecule has 1 N–H and O–H groups in total. The largest absolute Gasteiger partial charge is 0.337 e. The predicted molar refractivity (Wildman–Crippen MR) is 93.4 cm³/mol. The minimum absolute atomic E-state index is 0.344. The van der Waals surface area contributed by atoms with Gasteiger partial charge in [-0.25, -0.2) is 0 Å². The molecule has 0 spiro atoms. The van der Waals surface area contributed by atoms with Gasteiger partial charge in [0.25, 0.3) is 0 Å². The molecular formula is C16H15Cl2NO5S. The van der Waals surface area contributed by atoms with Gasteiger partial charge in [0.2, 0.25) is 0 Å². The first kappa shape index (κ1) is 18.6. The lowest BCUT2D eigenvalue weighted by Crippen LogP contribution is -2.38. The molecule has 0 saturated carbocycles. The van der Waals surface area contributed by atoms with Crippen molar-refractivity contribution < 1.29 is 22.1 Å². The number of ether oxygens (including phenoxy) is 2. The van der Waals surface area contributed by atoms with Crippen LogP contribution in [0.3, 0.4) is 0 Å². The van der Waals surface area contributed by atoms with E-state index in [1.807, 2.05) is 30.3 Å². The minimum Gasteiger partial charge on any atom is -0.336 e. The van der Waals surface area contributed by atoms with E-state index in [1.165, 1.54) is 0 Å². The lowest BCUT2D eigenvalue weighted by atomic mass is 10.1. The first-order valence-corrected chi connectivity index (χ1v) is 9.45. The van der Waals surface area contributed by atoms with Crippen LogP contribution in [0, 0.1) is 0 Å². The molecule has 0 aromatic heterocycles. The molecule has 9 heteroatoms. The molecule has 1 aliphatic heterocycles. The number of halogens is 2. The maximum atomic E-state index is 11.8. The van der Waals surface area contributed by atoms with Crippen molar-refractivity contribution in [3.8, 4) is 0 Å². The van der Waals surface area contributed by atoms with Crippen LogP contribution in [0.5, 0.6) is 0 Å². The summed E-state index contributed by atoms with van der Waals surface area (Å²) in [5.74, 6) is 0. The van der Waals surface area contributed by atoms with Crippen molar-refractivity contribution in [2.75, 3.05) is 7.11 Å². The van der Waals surface area contributed by atoms with Gasteiger partial charge < -0.3 is 9.47 Å². The molecule has 25 heavy (non-hydrogen) atoms. The highest BCUT2D eigenvalue weighted by atomic mass is 35.5. The van der Waals surface area contributed by atoms with E-state index in [-0.39, 0.29) is 0 Å². The molecule has 134 valence electrons. The number of hydrogen-bond acceptors (Lipinski definition) is 5. The summed E-state index contributed by atoms with van der Waals surface area (Å²) in [6.45, 7) is 0. The molecule has 2 aromatic rings. The highest BCUT2D eigenvalue weighted by molar-refractivity contribution is 7.84. The second-order valence-corrected chi connectivity index (χ2v) is 7.58. The zero-order valence-electron chi connectivity index (χ0n) is 13.1. The summed E-state index contributed by atoms with van der Waals surface area (Å²) in [4.78, 5) is 0. The predicted octanol–water partition coefficient (Wildman–Crippen LogP) is 3.59. The molecule has 3 atom stereocenters. The Morgan fingerprint density at radius 2 is 1.80 bits per heavy atom. The Labute approximate surface area is 155 Å². The lowest BCUT2D eigenvalue weighted by Gasteiger charge is -2.18. The Balaban J connectivity index is 1.94. The summed E-state index contributed by atoms with van der Waals surface area (Å²) >= 11 is 12.2. The molecule has 3 rings (SSSR count). The molecule has 0 bridgehead atoms. The van der Waals surface area contributed by atoms with Crippen molar-refractivity contribution in [2.45, 2.75) is 18.6 Å². The van der Waals surface area contributed by atoms with Crippen molar-refractivity contribution in [3.05, 3.63) is 69.7 Å². The summed E-state index contributed by atoms with van der Waals surface area (Å²) in [6.07, 6.45) is -2.56. The van der Waals surface area contributed by atoms with Gasteiger partial charge in [-0.2, -0.15) is 13.1 Å². The summed E-state index contributed by atoms with van der Waals surface area (Å²) < 4.78 is 42.0. The molecule has 1 heterocycles. The molecule has 0 radical (unpaired) electrons. The maximum Gasteiger partial charge on any atom is 0.337 e. The van der Waals surface area contributed by atoms with E-state index in [0.29, 0.717) is 15.6 Å². The van der Waals surface area contributed by atoms with Crippen LogP contribution in [-0.4, -0.2) is 21.8 Å². The smallest absolute Gasteiger partial charge is 0.336 e. The van der Waals surface area contributed by atoms with Crippen molar-refractivity contribution >= 4 is 33.5 Å². The number of nitrogens with one attached hydrogen (secondary N) is 1. The molecule has 1 fully saturated rings. The molecule has 2 aromatic carbocycles. The Kier molecular flexibility index (Phi) is 5.65. The molecule has 6 nitrogen and oxygen atoms in total. The Hall–Kier alpha value is -1.19.